The molecule has 7 heteroatoms. The Bertz CT molecular complexity index is 1020. The summed E-state index contributed by atoms with van der Waals surface area (Å²) < 4.78 is 5.57. The van der Waals surface area contributed by atoms with Crippen molar-refractivity contribution in [2.45, 2.75) is 69.9 Å². The van der Waals surface area contributed by atoms with Gasteiger partial charge in [0.2, 0.25) is 5.91 Å². The third-order valence-electron chi connectivity index (χ3n) is 7.33. The van der Waals surface area contributed by atoms with Crippen molar-refractivity contribution < 1.29 is 24.2 Å². The normalized spacial score (nSPS) is 17.1. The molecule has 7 nitrogen and oxygen atoms in total. The summed E-state index contributed by atoms with van der Waals surface area (Å²) in [6.45, 7) is 2.11. The molecule has 0 saturated heterocycles. The van der Waals surface area contributed by atoms with Gasteiger partial charge in [0.15, 0.2) is 0 Å². The number of carboxylic acid groups (broad SMARTS) is 1. The van der Waals surface area contributed by atoms with Gasteiger partial charge < -0.3 is 20.5 Å². The average Bonchev–Trinajstić information content (AvgIpc) is 3.19. The largest absolute Gasteiger partial charge is 0.481 e. The van der Waals surface area contributed by atoms with Crippen molar-refractivity contribution >= 4 is 18.0 Å². The smallest absolute Gasteiger partial charge is 0.407 e. The van der Waals surface area contributed by atoms with Crippen LogP contribution >= 0.6 is 0 Å². The summed E-state index contributed by atoms with van der Waals surface area (Å²) in [4.78, 5) is 36.8. The number of fused-ring (bicyclic) bond motifs is 3. The summed E-state index contributed by atoms with van der Waals surface area (Å²) in [5.41, 5.74) is 4.46. The number of ether oxygens (including phenoxy) is 1. The van der Waals surface area contributed by atoms with Crippen molar-refractivity contribution in [3.63, 3.8) is 0 Å². The molecule has 2 aromatic carbocycles. The third kappa shape index (κ3) is 6.02. The highest BCUT2D eigenvalue weighted by Gasteiger charge is 2.30. The summed E-state index contributed by atoms with van der Waals surface area (Å²) in [6.07, 6.45) is 4.74. The zero-order valence-electron chi connectivity index (χ0n) is 20.2. The maximum Gasteiger partial charge on any atom is 0.407 e. The summed E-state index contributed by atoms with van der Waals surface area (Å²) in [6, 6.07) is 15.1. The van der Waals surface area contributed by atoms with E-state index in [0.29, 0.717) is 5.92 Å². The number of alkyl carbamates (subject to hydrolysis) is 1. The quantitative estimate of drug-likeness (QED) is 0.478. The maximum atomic E-state index is 13.0. The molecule has 0 radical (unpaired) electrons. The summed E-state index contributed by atoms with van der Waals surface area (Å²) >= 11 is 0. The molecule has 0 bridgehead atoms. The minimum absolute atomic E-state index is 0.00273. The summed E-state index contributed by atoms with van der Waals surface area (Å²) in [7, 11) is 0. The molecule has 1 saturated carbocycles. The number of benzene rings is 2. The number of carboxylic acids is 1. The van der Waals surface area contributed by atoms with Gasteiger partial charge in [-0.1, -0.05) is 67.8 Å². The van der Waals surface area contributed by atoms with Crippen molar-refractivity contribution in [1.82, 2.24) is 10.6 Å². The molecule has 186 valence electrons. The lowest BCUT2D eigenvalue weighted by Crippen LogP contribution is -2.51. The number of carbonyl (C=O) groups excluding carboxylic acids is 2. The number of carbonyl (C=O) groups is 3. The van der Waals surface area contributed by atoms with Crippen LogP contribution in [0.3, 0.4) is 0 Å². The summed E-state index contributed by atoms with van der Waals surface area (Å²) in [5, 5.41) is 14.7. The number of amides is 2. The van der Waals surface area contributed by atoms with Gasteiger partial charge >= 0.3 is 12.1 Å². The predicted octanol–water partition coefficient (Wildman–Crippen LogP) is 4.84. The molecule has 0 aliphatic heterocycles. The summed E-state index contributed by atoms with van der Waals surface area (Å²) in [5.74, 6) is -1.07. The molecule has 0 spiro atoms. The number of hydrogen-bond donors (Lipinski definition) is 3. The van der Waals surface area contributed by atoms with E-state index in [1.165, 1.54) is 6.42 Å². The van der Waals surface area contributed by atoms with Gasteiger partial charge in [0.1, 0.15) is 12.6 Å². The number of nitrogens with one attached hydrogen (secondary N) is 2. The molecule has 2 atom stereocenters. The molecule has 3 N–H and O–H groups in total. The first kappa shape index (κ1) is 24.8. The second kappa shape index (κ2) is 11.4. The van der Waals surface area contributed by atoms with Crippen LogP contribution in [0.1, 0.15) is 68.9 Å². The van der Waals surface area contributed by atoms with E-state index >= 15 is 0 Å². The minimum Gasteiger partial charge on any atom is -0.481 e. The van der Waals surface area contributed by atoms with E-state index in [2.05, 4.69) is 22.8 Å². The van der Waals surface area contributed by atoms with Crippen molar-refractivity contribution in [1.29, 1.82) is 0 Å². The van der Waals surface area contributed by atoms with Gasteiger partial charge in [-0.15, -0.1) is 0 Å². The van der Waals surface area contributed by atoms with E-state index < -0.39 is 18.1 Å². The fourth-order valence-corrected chi connectivity index (χ4v) is 5.40. The van der Waals surface area contributed by atoms with Crippen molar-refractivity contribution in [3.05, 3.63) is 59.7 Å². The Labute approximate surface area is 206 Å². The fourth-order valence-electron chi connectivity index (χ4n) is 5.40. The molecule has 2 amide bonds. The van der Waals surface area contributed by atoms with Gasteiger partial charge in [0.05, 0.1) is 0 Å². The molecule has 1 fully saturated rings. The van der Waals surface area contributed by atoms with Crippen LogP contribution in [0, 0.1) is 5.92 Å². The van der Waals surface area contributed by atoms with Gasteiger partial charge in [-0.25, -0.2) is 4.79 Å². The first-order valence-corrected chi connectivity index (χ1v) is 12.6. The highest BCUT2D eigenvalue weighted by Crippen LogP contribution is 2.44. The molecule has 35 heavy (non-hydrogen) atoms. The lowest BCUT2D eigenvalue weighted by atomic mass is 9.84. The molecule has 1 unspecified atom stereocenters. The van der Waals surface area contributed by atoms with Crippen molar-refractivity contribution in [2.75, 3.05) is 6.61 Å². The molecule has 0 heterocycles. The van der Waals surface area contributed by atoms with Crippen LogP contribution in [-0.2, 0) is 14.3 Å². The first-order chi connectivity index (χ1) is 16.9. The SMILES string of the molecule is C[C@@H](NC(=O)C(CCC(=O)O)NC(=O)OCC1c2ccccc2-c2ccccc21)C1CCCCC1. The van der Waals surface area contributed by atoms with Gasteiger partial charge in [-0.2, -0.15) is 0 Å². The van der Waals surface area contributed by atoms with E-state index in [9.17, 15) is 14.4 Å². The third-order valence-corrected chi connectivity index (χ3v) is 7.33. The Morgan fingerprint density at radius 3 is 2.14 bits per heavy atom. The zero-order valence-corrected chi connectivity index (χ0v) is 20.2. The lowest BCUT2D eigenvalue weighted by molar-refractivity contribution is -0.137. The monoisotopic (exact) mass is 478 g/mol. The van der Waals surface area contributed by atoms with Crippen LogP contribution in [0.4, 0.5) is 4.79 Å². The van der Waals surface area contributed by atoms with E-state index in [4.69, 9.17) is 9.84 Å². The van der Waals surface area contributed by atoms with Crippen LogP contribution in [-0.4, -0.2) is 41.8 Å². The average molecular weight is 479 g/mol. The van der Waals surface area contributed by atoms with Crippen LogP contribution in [0.5, 0.6) is 0 Å². The predicted molar refractivity (Wildman–Crippen MR) is 133 cm³/mol. The molecule has 4 rings (SSSR count). The number of rotatable bonds is 9. The van der Waals surface area contributed by atoms with E-state index in [1.807, 2.05) is 43.3 Å². The van der Waals surface area contributed by atoms with Crippen LogP contribution in [0.15, 0.2) is 48.5 Å². The highest BCUT2D eigenvalue weighted by molar-refractivity contribution is 5.86. The molecule has 2 aromatic rings. The number of hydrogen-bond acceptors (Lipinski definition) is 4. The molecular formula is C28H34N2O5. The fraction of sp³-hybridized carbons (Fsp3) is 0.464. The second-order valence-electron chi connectivity index (χ2n) is 9.65. The number of aliphatic carboxylic acids is 1. The van der Waals surface area contributed by atoms with Crippen molar-refractivity contribution in [3.8, 4) is 11.1 Å². The molecule has 2 aliphatic rings. The van der Waals surface area contributed by atoms with Gasteiger partial charge in [-0.05, 0) is 54.4 Å². The molecule has 0 aromatic heterocycles. The first-order valence-electron chi connectivity index (χ1n) is 12.6. The molecule has 2 aliphatic carbocycles. The van der Waals surface area contributed by atoms with Gasteiger partial charge in [0.25, 0.3) is 0 Å². The van der Waals surface area contributed by atoms with E-state index in [-0.39, 0.29) is 37.3 Å². The van der Waals surface area contributed by atoms with Crippen LogP contribution in [0.25, 0.3) is 11.1 Å². The Balaban J connectivity index is 1.38. The Morgan fingerprint density at radius 2 is 1.54 bits per heavy atom. The Morgan fingerprint density at radius 1 is 0.943 bits per heavy atom. The van der Waals surface area contributed by atoms with Gasteiger partial charge in [-0.3, -0.25) is 9.59 Å². The van der Waals surface area contributed by atoms with Crippen molar-refractivity contribution in [2.24, 2.45) is 5.92 Å². The standard InChI is InChI=1S/C28H34N2O5/c1-18(19-9-3-2-4-10-19)29-27(33)25(15-16-26(31)32)30-28(34)35-17-24-22-13-7-5-11-20(22)21-12-6-8-14-23(21)24/h5-8,11-14,18-19,24-25H,2-4,9-10,15-17H2,1H3,(H,29,33)(H,30,34)(H,31,32)/t18-,25?/m1/s1. The van der Waals surface area contributed by atoms with E-state index in [0.717, 1.165) is 47.9 Å². The Hall–Kier alpha value is -3.35. The van der Waals surface area contributed by atoms with Crippen LogP contribution in [0.2, 0.25) is 0 Å². The van der Waals surface area contributed by atoms with Gasteiger partial charge in [0, 0.05) is 18.4 Å². The topological polar surface area (TPSA) is 105 Å². The highest BCUT2D eigenvalue weighted by atomic mass is 16.5. The zero-order chi connectivity index (χ0) is 24.8. The van der Waals surface area contributed by atoms with Crippen LogP contribution < -0.4 is 10.6 Å². The molecular weight excluding hydrogens is 444 g/mol. The van der Waals surface area contributed by atoms with E-state index in [1.54, 1.807) is 0 Å². The second-order valence-corrected chi connectivity index (χ2v) is 9.65. The Kier molecular flexibility index (Phi) is 8.06. The minimum atomic E-state index is -1.02. The lowest BCUT2D eigenvalue weighted by Gasteiger charge is -2.29. The maximum absolute atomic E-state index is 13.0.